The van der Waals surface area contributed by atoms with Crippen molar-refractivity contribution in [1.29, 1.82) is 0 Å². The van der Waals surface area contributed by atoms with Crippen LogP contribution in [0.25, 0.3) is 10.9 Å². The maximum Gasteiger partial charge on any atom is 0.326 e. The molecule has 3 amide bonds. The van der Waals surface area contributed by atoms with E-state index in [1.165, 1.54) is 12.5 Å². The van der Waals surface area contributed by atoms with Crippen LogP contribution in [0.4, 0.5) is 0 Å². The number of para-hydroxylation sites is 1. The van der Waals surface area contributed by atoms with Crippen LogP contribution >= 0.6 is 0 Å². The van der Waals surface area contributed by atoms with Gasteiger partial charge in [-0.1, -0.05) is 38.5 Å². The Morgan fingerprint density at radius 1 is 1.00 bits per heavy atom. The molecular weight excluding hydrogens is 506 g/mol. The van der Waals surface area contributed by atoms with Crippen molar-refractivity contribution in [2.24, 2.45) is 11.7 Å². The number of aromatic amines is 2. The van der Waals surface area contributed by atoms with Crippen LogP contribution in [0.15, 0.2) is 43.0 Å². The zero-order valence-electron chi connectivity index (χ0n) is 21.8. The number of H-pyrrole nitrogens is 2. The first-order valence-corrected chi connectivity index (χ1v) is 12.7. The number of benzene rings is 1. The van der Waals surface area contributed by atoms with Gasteiger partial charge in [0.25, 0.3) is 0 Å². The molecule has 210 valence electrons. The number of carboxylic acid groups (broad SMARTS) is 1. The number of aliphatic hydroxyl groups is 1. The molecule has 1 aromatic carbocycles. The van der Waals surface area contributed by atoms with Crippen molar-refractivity contribution >= 4 is 34.6 Å². The molecule has 5 atom stereocenters. The van der Waals surface area contributed by atoms with E-state index in [1.807, 2.05) is 31.2 Å². The van der Waals surface area contributed by atoms with Crippen molar-refractivity contribution in [2.45, 2.75) is 57.3 Å². The third-order valence-corrected chi connectivity index (χ3v) is 6.65. The highest BCUT2D eigenvalue weighted by Crippen LogP contribution is 2.19. The Labute approximate surface area is 225 Å². The molecule has 0 aliphatic heterocycles. The average molecular weight is 542 g/mol. The fourth-order valence-electron chi connectivity index (χ4n) is 4.14. The molecule has 0 saturated carbocycles. The first kappa shape index (κ1) is 29.3. The van der Waals surface area contributed by atoms with Crippen LogP contribution in [0.5, 0.6) is 0 Å². The zero-order chi connectivity index (χ0) is 28.5. The molecule has 13 nitrogen and oxygen atoms in total. The Morgan fingerprint density at radius 2 is 1.72 bits per heavy atom. The van der Waals surface area contributed by atoms with Gasteiger partial charge in [0.1, 0.15) is 18.1 Å². The molecule has 9 N–H and O–H groups in total. The topological polar surface area (TPSA) is 215 Å². The van der Waals surface area contributed by atoms with Crippen molar-refractivity contribution in [2.75, 3.05) is 6.61 Å². The van der Waals surface area contributed by atoms with Gasteiger partial charge >= 0.3 is 5.97 Å². The SMILES string of the molecule is CCC(C)C(NC(=O)C(CO)NC(=O)C(N)Cc1cnc[nH]1)C(=O)NC(Cc1c[nH]c2ccccc12)C(=O)O. The van der Waals surface area contributed by atoms with E-state index in [9.17, 15) is 29.4 Å². The first-order chi connectivity index (χ1) is 18.6. The largest absolute Gasteiger partial charge is 0.480 e. The van der Waals surface area contributed by atoms with E-state index < -0.39 is 54.5 Å². The summed E-state index contributed by atoms with van der Waals surface area (Å²) in [6.07, 6.45) is 5.31. The summed E-state index contributed by atoms with van der Waals surface area (Å²) in [5.41, 5.74) is 8.09. The number of nitrogens with zero attached hydrogens (tertiary/aromatic N) is 1. The third kappa shape index (κ3) is 7.65. The number of rotatable bonds is 14. The van der Waals surface area contributed by atoms with Crippen molar-refractivity contribution in [1.82, 2.24) is 30.9 Å². The van der Waals surface area contributed by atoms with E-state index in [2.05, 4.69) is 30.9 Å². The minimum absolute atomic E-state index is 0.0236. The first-order valence-electron chi connectivity index (χ1n) is 12.7. The number of fused-ring (bicyclic) bond motifs is 1. The molecule has 39 heavy (non-hydrogen) atoms. The van der Waals surface area contributed by atoms with Crippen LogP contribution in [0.3, 0.4) is 0 Å². The van der Waals surface area contributed by atoms with Gasteiger partial charge in [-0.05, 0) is 17.5 Å². The number of nitrogens with two attached hydrogens (primary N) is 1. The molecule has 0 spiro atoms. The number of carbonyl (C=O) groups is 4. The number of aromatic nitrogens is 3. The Kier molecular flexibility index (Phi) is 10.2. The second-order valence-electron chi connectivity index (χ2n) is 9.47. The number of imidazole rings is 1. The van der Waals surface area contributed by atoms with Crippen molar-refractivity contribution in [3.63, 3.8) is 0 Å². The molecule has 3 aromatic rings. The molecule has 2 heterocycles. The third-order valence-electron chi connectivity index (χ3n) is 6.65. The van der Waals surface area contributed by atoms with E-state index in [-0.39, 0.29) is 18.8 Å². The number of hydrogen-bond donors (Lipinski definition) is 8. The van der Waals surface area contributed by atoms with E-state index in [0.29, 0.717) is 12.1 Å². The number of carboxylic acids is 1. The average Bonchev–Trinajstić information content (AvgIpc) is 3.59. The molecule has 0 bridgehead atoms. The molecule has 0 aliphatic carbocycles. The van der Waals surface area contributed by atoms with Crippen LogP contribution in [-0.2, 0) is 32.0 Å². The summed E-state index contributed by atoms with van der Waals surface area (Å²) in [6.45, 7) is 2.81. The second-order valence-corrected chi connectivity index (χ2v) is 9.47. The van der Waals surface area contributed by atoms with Gasteiger partial charge in [-0.2, -0.15) is 0 Å². The number of aliphatic carboxylic acids is 1. The van der Waals surface area contributed by atoms with Gasteiger partial charge in [0.05, 0.1) is 19.0 Å². The van der Waals surface area contributed by atoms with Crippen molar-refractivity contribution in [3.8, 4) is 0 Å². The van der Waals surface area contributed by atoms with Crippen molar-refractivity contribution in [3.05, 3.63) is 54.2 Å². The van der Waals surface area contributed by atoms with Crippen LogP contribution in [0, 0.1) is 5.92 Å². The number of hydrogen-bond acceptors (Lipinski definition) is 7. The molecule has 0 fully saturated rings. The maximum atomic E-state index is 13.2. The lowest BCUT2D eigenvalue weighted by Crippen LogP contribution is -2.59. The Morgan fingerprint density at radius 3 is 2.36 bits per heavy atom. The lowest BCUT2D eigenvalue weighted by atomic mass is 9.97. The predicted molar refractivity (Wildman–Crippen MR) is 142 cm³/mol. The smallest absolute Gasteiger partial charge is 0.326 e. The zero-order valence-corrected chi connectivity index (χ0v) is 21.8. The van der Waals surface area contributed by atoms with Gasteiger partial charge in [0.2, 0.25) is 17.7 Å². The normalized spacial score (nSPS) is 15.1. The Bertz CT molecular complexity index is 1270. The molecule has 13 heteroatoms. The summed E-state index contributed by atoms with van der Waals surface area (Å²) >= 11 is 0. The highest BCUT2D eigenvalue weighted by Gasteiger charge is 2.33. The molecule has 0 aliphatic rings. The van der Waals surface area contributed by atoms with Gasteiger partial charge < -0.3 is 41.9 Å². The summed E-state index contributed by atoms with van der Waals surface area (Å²) in [6, 6.07) is 2.66. The van der Waals surface area contributed by atoms with Crippen LogP contribution in [-0.4, -0.2) is 79.6 Å². The molecule has 0 saturated heterocycles. The van der Waals surface area contributed by atoms with Gasteiger partial charge in [-0.3, -0.25) is 14.4 Å². The van der Waals surface area contributed by atoms with Gasteiger partial charge in [0.15, 0.2) is 0 Å². The summed E-state index contributed by atoms with van der Waals surface area (Å²) in [7, 11) is 0. The molecule has 5 unspecified atom stereocenters. The number of amides is 3. The fraction of sp³-hybridized carbons (Fsp3) is 0.423. The predicted octanol–water partition coefficient (Wildman–Crippen LogP) is -0.419. The highest BCUT2D eigenvalue weighted by molar-refractivity contribution is 5.94. The van der Waals surface area contributed by atoms with Gasteiger partial charge in [0, 0.05) is 41.8 Å². The summed E-state index contributed by atoms with van der Waals surface area (Å²) < 4.78 is 0. The van der Waals surface area contributed by atoms with Crippen LogP contribution < -0.4 is 21.7 Å². The minimum atomic E-state index is -1.37. The van der Waals surface area contributed by atoms with E-state index >= 15 is 0 Å². The monoisotopic (exact) mass is 541 g/mol. The summed E-state index contributed by atoms with van der Waals surface area (Å²) in [5, 5.41) is 27.9. The maximum absolute atomic E-state index is 13.2. The van der Waals surface area contributed by atoms with Crippen LogP contribution in [0.2, 0.25) is 0 Å². The second kappa shape index (κ2) is 13.5. The molecule has 3 rings (SSSR count). The van der Waals surface area contributed by atoms with Gasteiger partial charge in [-0.25, -0.2) is 9.78 Å². The standard InChI is InChI=1S/C26H35N7O6/c1-3-14(2)22(33-24(36)21(12-34)32-23(35)18(27)9-16-11-28-13-30-16)25(37)31-20(26(38)39)8-15-10-29-19-7-5-4-6-17(15)19/h4-7,10-11,13-14,18,20-22,29,34H,3,8-9,12,27H2,1-2H3,(H,28,30)(H,31,37)(H,32,35)(H,33,36)(H,38,39). The lowest BCUT2D eigenvalue weighted by molar-refractivity contribution is -0.142. The van der Waals surface area contributed by atoms with Gasteiger partial charge in [-0.15, -0.1) is 0 Å². The number of aliphatic hydroxyl groups excluding tert-OH is 1. The molecule has 2 aromatic heterocycles. The van der Waals surface area contributed by atoms with E-state index in [4.69, 9.17) is 5.73 Å². The lowest BCUT2D eigenvalue weighted by Gasteiger charge is -2.27. The van der Waals surface area contributed by atoms with E-state index in [0.717, 1.165) is 16.5 Å². The summed E-state index contributed by atoms with van der Waals surface area (Å²) in [5.74, 6) is -3.77. The molecular formula is C26H35N7O6. The Hall–Kier alpha value is -4.23. The quantitative estimate of drug-likeness (QED) is 0.134. The highest BCUT2D eigenvalue weighted by atomic mass is 16.4. The number of carbonyl (C=O) groups excluding carboxylic acids is 3. The van der Waals surface area contributed by atoms with Crippen molar-refractivity contribution < 1.29 is 29.4 Å². The molecule has 0 radical (unpaired) electrons. The van der Waals surface area contributed by atoms with E-state index in [1.54, 1.807) is 13.1 Å². The minimum Gasteiger partial charge on any atom is -0.480 e. The Balaban J connectivity index is 1.67. The summed E-state index contributed by atoms with van der Waals surface area (Å²) in [4.78, 5) is 60.5. The van der Waals surface area contributed by atoms with Crippen LogP contribution in [0.1, 0.15) is 31.5 Å². The fourth-order valence-corrected chi connectivity index (χ4v) is 4.14. The number of nitrogens with one attached hydrogen (secondary N) is 5.